The van der Waals surface area contributed by atoms with Crippen molar-refractivity contribution < 1.29 is 23.4 Å². The molecule has 0 aromatic rings. The average Bonchev–Trinajstić information content (AvgIpc) is 2.13. The number of aliphatic hydroxyl groups excluding tert-OH is 1. The molecule has 0 spiro atoms. The van der Waals surface area contributed by atoms with Gasteiger partial charge in [-0.2, -0.15) is 0 Å². The van der Waals surface area contributed by atoms with Crippen LogP contribution >= 0.6 is 0 Å². The molecule has 96 valence electrons. The first-order valence-corrected chi connectivity index (χ1v) is 6.74. The van der Waals surface area contributed by atoms with Gasteiger partial charge in [0.05, 0.1) is 18.8 Å². The van der Waals surface area contributed by atoms with Gasteiger partial charge in [0, 0.05) is 6.04 Å². The summed E-state index contributed by atoms with van der Waals surface area (Å²) in [7, 11) is -3.62. The third-order valence-electron chi connectivity index (χ3n) is 1.91. The number of hydrogen-bond donors (Lipinski definition) is 3. The van der Waals surface area contributed by atoms with Crippen LogP contribution in [0.3, 0.4) is 0 Å². The summed E-state index contributed by atoms with van der Waals surface area (Å²) in [5, 5.41) is 17.3. The Kier molecular flexibility index (Phi) is 6.54. The van der Waals surface area contributed by atoms with Gasteiger partial charge in [0.15, 0.2) is 0 Å². The Hall–Kier alpha value is -0.660. The molecule has 0 heterocycles. The van der Waals surface area contributed by atoms with Crippen LogP contribution in [0.2, 0.25) is 0 Å². The van der Waals surface area contributed by atoms with Gasteiger partial charge in [-0.15, -0.1) is 0 Å². The molecule has 0 aliphatic rings. The molecule has 1 atom stereocenters. The minimum Gasteiger partial charge on any atom is -0.481 e. The molecular formula is C9H19NO5S. The van der Waals surface area contributed by atoms with Crippen LogP contribution in [0.4, 0.5) is 0 Å². The summed E-state index contributed by atoms with van der Waals surface area (Å²) in [5.74, 6) is -1.37. The molecule has 16 heavy (non-hydrogen) atoms. The fraction of sp³-hybridized carbons (Fsp3) is 0.889. The zero-order chi connectivity index (χ0) is 12.8. The van der Waals surface area contributed by atoms with Crippen LogP contribution in [0.25, 0.3) is 0 Å². The van der Waals surface area contributed by atoms with E-state index in [0.717, 1.165) is 0 Å². The van der Waals surface area contributed by atoms with E-state index < -0.39 is 34.2 Å². The number of hydrogen-bond acceptors (Lipinski definition) is 4. The third-order valence-corrected chi connectivity index (χ3v) is 3.34. The Labute approximate surface area is 95.7 Å². The van der Waals surface area contributed by atoms with Crippen LogP contribution in [0.1, 0.15) is 26.7 Å². The van der Waals surface area contributed by atoms with Gasteiger partial charge in [-0.3, -0.25) is 4.79 Å². The largest absolute Gasteiger partial charge is 0.481 e. The van der Waals surface area contributed by atoms with Crippen molar-refractivity contribution in [3.05, 3.63) is 0 Å². The lowest BCUT2D eigenvalue weighted by atomic mass is 10.1. The minimum atomic E-state index is -3.62. The van der Waals surface area contributed by atoms with Gasteiger partial charge in [0.25, 0.3) is 0 Å². The van der Waals surface area contributed by atoms with E-state index in [9.17, 15) is 13.2 Å². The molecule has 0 aliphatic heterocycles. The molecule has 0 aromatic carbocycles. The third kappa shape index (κ3) is 7.61. The highest BCUT2D eigenvalue weighted by molar-refractivity contribution is 7.89. The van der Waals surface area contributed by atoms with Gasteiger partial charge in [-0.1, -0.05) is 13.8 Å². The Bertz CT molecular complexity index is 312. The lowest BCUT2D eigenvalue weighted by Crippen LogP contribution is -2.40. The van der Waals surface area contributed by atoms with Gasteiger partial charge < -0.3 is 10.2 Å². The SMILES string of the molecule is CC(C)CC(CO)NS(=O)(=O)CCC(=O)O. The fourth-order valence-electron chi connectivity index (χ4n) is 1.26. The van der Waals surface area contributed by atoms with E-state index in [4.69, 9.17) is 10.2 Å². The zero-order valence-electron chi connectivity index (χ0n) is 9.51. The maximum atomic E-state index is 11.4. The summed E-state index contributed by atoms with van der Waals surface area (Å²) in [6.45, 7) is 3.53. The van der Waals surface area contributed by atoms with Crippen molar-refractivity contribution in [3.8, 4) is 0 Å². The smallest absolute Gasteiger partial charge is 0.304 e. The number of carboxylic acids is 1. The summed E-state index contributed by atoms with van der Waals surface area (Å²) < 4.78 is 25.1. The summed E-state index contributed by atoms with van der Waals surface area (Å²) in [6.07, 6.45) is 0.0813. The lowest BCUT2D eigenvalue weighted by molar-refractivity contribution is -0.136. The first-order valence-electron chi connectivity index (χ1n) is 5.09. The molecule has 1 unspecified atom stereocenters. The Balaban J connectivity index is 4.26. The fourth-order valence-corrected chi connectivity index (χ4v) is 2.50. The first-order chi connectivity index (χ1) is 7.26. The minimum absolute atomic E-state index is 0.249. The predicted molar refractivity (Wildman–Crippen MR) is 59.5 cm³/mol. The lowest BCUT2D eigenvalue weighted by Gasteiger charge is -2.17. The summed E-state index contributed by atoms with van der Waals surface area (Å²) in [6, 6.07) is -0.543. The van der Waals surface area contributed by atoms with Crippen molar-refractivity contribution >= 4 is 16.0 Å². The summed E-state index contributed by atoms with van der Waals surface area (Å²) in [4.78, 5) is 10.2. The molecule has 0 radical (unpaired) electrons. The van der Waals surface area contributed by atoms with E-state index >= 15 is 0 Å². The van der Waals surface area contributed by atoms with E-state index in [1.807, 2.05) is 13.8 Å². The number of carbonyl (C=O) groups is 1. The van der Waals surface area contributed by atoms with E-state index in [-0.39, 0.29) is 12.5 Å². The van der Waals surface area contributed by atoms with Gasteiger partial charge >= 0.3 is 5.97 Å². The molecule has 0 saturated heterocycles. The molecule has 0 fully saturated rings. The Morgan fingerprint density at radius 2 is 1.94 bits per heavy atom. The molecule has 0 bridgehead atoms. The van der Waals surface area contributed by atoms with Crippen molar-refractivity contribution in [2.24, 2.45) is 5.92 Å². The van der Waals surface area contributed by atoms with Gasteiger partial charge in [0.2, 0.25) is 10.0 Å². The maximum absolute atomic E-state index is 11.4. The highest BCUT2D eigenvalue weighted by Gasteiger charge is 2.19. The van der Waals surface area contributed by atoms with E-state index in [1.165, 1.54) is 0 Å². The molecule has 7 heteroatoms. The molecule has 0 saturated carbocycles. The number of sulfonamides is 1. The zero-order valence-corrected chi connectivity index (χ0v) is 10.3. The predicted octanol–water partition coefficient (Wildman–Crippen LogP) is -0.212. The molecule has 0 aliphatic carbocycles. The molecular weight excluding hydrogens is 234 g/mol. The van der Waals surface area contributed by atoms with Gasteiger partial charge in [-0.05, 0) is 12.3 Å². The second-order valence-electron chi connectivity index (χ2n) is 4.09. The number of carboxylic acid groups (broad SMARTS) is 1. The number of nitrogens with one attached hydrogen (secondary N) is 1. The number of aliphatic hydroxyl groups is 1. The standard InChI is InChI=1S/C9H19NO5S/c1-7(2)5-8(6-11)10-16(14,15)4-3-9(12)13/h7-8,10-11H,3-6H2,1-2H3,(H,12,13). The normalized spacial score (nSPS) is 14.0. The highest BCUT2D eigenvalue weighted by Crippen LogP contribution is 2.05. The van der Waals surface area contributed by atoms with Crippen LogP contribution < -0.4 is 4.72 Å². The van der Waals surface area contributed by atoms with Crippen molar-refractivity contribution in [1.82, 2.24) is 4.72 Å². The van der Waals surface area contributed by atoms with Crippen molar-refractivity contribution in [2.75, 3.05) is 12.4 Å². The van der Waals surface area contributed by atoms with Gasteiger partial charge in [0.1, 0.15) is 0 Å². The van der Waals surface area contributed by atoms with Crippen molar-refractivity contribution in [3.63, 3.8) is 0 Å². The van der Waals surface area contributed by atoms with Crippen LogP contribution in [-0.2, 0) is 14.8 Å². The highest BCUT2D eigenvalue weighted by atomic mass is 32.2. The number of rotatable bonds is 8. The monoisotopic (exact) mass is 253 g/mol. The summed E-state index contributed by atoms with van der Waals surface area (Å²) in [5.41, 5.74) is 0. The van der Waals surface area contributed by atoms with Crippen LogP contribution in [-0.4, -0.2) is 43.0 Å². The Morgan fingerprint density at radius 1 is 1.38 bits per heavy atom. The topological polar surface area (TPSA) is 104 Å². The van der Waals surface area contributed by atoms with E-state index in [1.54, 1.807) is 0 Å². The quantitative estimate of drug-likeness (QED) is 0.555. The van der Waals surface area contributed by atoms with E-state index in [0.29, 0.717) is 6.42 Å². The van der Waals surface area contributed by atoms with Crippen LogP contribution in [0, 0.1) is 5.92 Å². The van der Waals surface area contributed by atoms with Crippen LogP contribution in [0.5, 0.6) is 0 Å². The molecule has 0 aromatic heterocycles. The summed E-state index contributed by atoms with van der Waals surface area (Å²) >= 11 is 0. The average molecular weight is 253 g/mol. The van der Waals surface area contributed by atoms with E-state index in [2.05, 4.69) is 4.72 Å². The molecule has 3 N–H and O–H groups in total. The molecule has 6 nitrogen and oxygen atoms in total. The second kappa shape index (κ2) is 6.82. The molecule has 0 amide bonds. The molecule has 0 rings (SSSR count). The second-order valence-corrected chi connectivity index (χ2v) is 5.96. The first kappa shape index (κ1) is 15.3. The maximum Gasteiger partial charge on any atom is 0.304 e. The van der Waals surface area contributed by atoms with Crippen LogP contribution in [0.15, 0.2) is 0 Å². The number of aliphatic carboxylic acids is 1. The van der Waals surface area contributed by atoms with Gasteiger partial charge in [-0.25, -0.2) is 13.1 Å². The Morgan fingerprint density at radius 3 is 2.31 bits per heavy atom. The van der Waals surface area contributed by atoms with Crippen molar-refractivity contribution in [2.45, 2.75) is 32.7 Å². The van der Waals surface area contributed by atoms with Crippen molar-refractivity contribution in [1.29, 1.82) is 0 Å².